The van der Waals surface area contributed by atoms with Crippen molar-refractivity contribution in [2.75, 3.05) is 26.2 Å². The van der Waals surface area contributed by atoms with Crippen molar-refractivity contribution in [3.8, 4) is 0 Å². The third kappa shape index (κ3) is 7.64. The molecule has 2 heterocycles. The Bertz CT molecular complexity index is 1240. The molecule has 10 heteroatoms. The Labute approximate surface area is 268 Å². The third-order valence-corrected chi connectivity index (χ3v) is 10.6. The van der Waals surface area contributed by atoms with Gasteiger partial charge in [0.05, 0.1) is 12.0 Å². The van der Waals surface area contributed by atoms with E-state index in [0.29, 0.717) is 13.1 Å². The predicted molar refractivity (Wildman–Crippen MR) is 173 cm³/mol. The van der Waals surface area contributed by atoms with Gasteiger partial charge in [-0.05, 0) is 89.3 Å². The molecule has 3 fully saturated rings. The number of hydrogen-bond acceptors (Lipinski definition) is 5. The average molecular weight is 624 g/mol. The van der Waals surface area contributed by atoms with Gasteiger partial charge in [0.25, 0.3) is 0 Å². The van der Waals surface area contributed by atoms with Crippen molar-refractivity contribution < 1.29 is 24.3 Å². The number of nitrogens with one attached hydrogen (secondary N) is 2. The summed E-state index contributed by atoms with van der Waals surface area (Å²) in [5.41, 5.74) is 1.77. The van der Waals surface area contributed by atoms with Crippen LogP contribution in [-0.4, -0.2) is 93.5 Å². The van der Waals surface area contributed by atoms with Gasteiger partial charge in [0.2, 0.25) is 17.7 Å². The Balaban J connectivity index is 1.37. The Morgan fingerprint density at radius 2 is 1.71 bits per heavy atom. The molecule has 4 aliphatic rings. The number of nitrogens with zero attached hydrogens (tertiary/aromatic N) is 3. The van der Waals surface area contributed by atoms with Crippen molar-refractivity contribution >= 4 is 23.8 Å². The molecule has 248 valence electrons. The van der Waals surface area contributed by atoms with Gasteiger partial charge in [0.15, 0.2) is 0 Å². The van der Waals surface area contributed by atoms with E-state index in [0.717, 1.165) is 76.3 Å². The first-order valence-corrected chi connectivity index (χ1v) is 17.2. The SMILES string of the molecule is C[C@@H](CN(C(=O)O)C(C)(C)C)C(=O)N[C@H](C(=O)N1C[C@H]2CCCN2C[C@H]1C(=O)N[C@@H]1CCCc2ccccc21)C1CCCCC1. The highest BCUT2D eigenvalue weighted by molar-refractivity contribution is 5.93. The highest BCUT2D eigenvalue weighted by Gasteiger charge is 2.46. The number of carboxylic acid groups (broad SMARTS) is 1. The fourth-order valence-electron chi connectivity index (χ4n) is 7.98. The fourth-order valence-corrected chi connectivity index (χ4v) is 7.98. The molecule has 0 bridgehead atoms. The molecule has 1 aromatic rings. The highest BCUT2D eigenvalue weighted by atomic mass is 16.4. The minimum absolute atomic E-state index is 0.0175. The smallest absolute Gasteiger partial charge is 0.407 e. The quantitative estimate of drug-likeness (QED) is 0.396. The summed E-state index contributed by atoms with van der Waals surface area (Å²) in [5, 5.41) is 16.2. The first kappa shape index (κ1) is 33.2. The van der Waals surface area contributed by atoms with Crippen LogP contribution in [0, 0.1) is 11.8 Å². The normalized spacial score (nSPS) is 25.4. The molecular weight excluding hydrogens is 570 g/mol. The van der Waals surface area contributed by atoms with Crippen molar-refractivity contribution in [2.45, 2.75) is 122 Å². The second kappa shape index (κ2) is 14.1. The Kier molecular flexibility index (Phi) is 10.4. The Hall–Kier alpha value is -3.14. The number of carbonyl (C=O) groups excluding carboxylic acids is 3. The van der Waals surface area contributed by atoms with Gasteiger partial charge in [0, 0.05) is 31.2 Å². The number of benzene rings is 1. The Morgan fingerprint density at radius 1 is 0.978 bits per heavy atom. The van der Waals surface area contributed by atoms with Gasteiger partial charge in [-0.2, -0.15) is 0 Å². The van der Waals surface area contributed by atoms with Crippen LogP contribution in [0.15, 0.2) is 24.3 Å². The van der Waals surface area contributed by atoms with Gasteiger partial charge < -0.3 is 25.5 Å². The molecule has 3 N–H and O–H groups in total. The minimum atomic E-state index is -1.08. The molecule has 0 aromatic heterocycles. The lowest BCUT2D eigenvalue weighted by molar-refractivity contribution is -0.150. The first-order valence-electron chi connectivity index (χ1n) is 17.2. The van der Waals surface area contributed by atoms with Gasteiger partial charge in [0.1, 0.15) is 12.1 Å². The summed E-state index contributed by atoms with van der Waals surface area (Å²) >= 11 is 0. The van der Waals surface area contributed by atoms with Crippen LogP contribution in [0.25, 0.3) is 0 Å². The molecule has 2 aliphatic carbocycles. The zero-order valence-corrected chi connectivity index (χ0v) is 27.6. The van der Waals surface area contributed by atoms with Crippen LogP contribution in [0.2, 0.25) is 0 Å². The summed E-state index contributed by atoms with van der Waals surface area (Å²) in [6, 6.07) is 7.05. The van der Waals surface area contributed by atoms with Crippen LogP contribution in [0.1, 0.15) is 103 Å². The van der Waals surface area contributed by atoms with Crippen LogP contribution in [0.5, 0.6) is 0 Å². The van der Waals surface area contributed by atoms with E-state index < -0.39 is 29.6 Å². The number of hydrogen-bond donors (Lipinski definition) is 3. The van der Waals surface area contributed by atoms with Crippen molar-refractivity contribution in [3.05, 3.63) is 35.4 Å². The van der Waals surface area contributed by atoms with E-state index in [-0.39, 0.29) is 42.3 Å². The Morgan fingerprint density at radius 3 is 2.42 bits per heavy atom. The molecule has 0 spiro atoms. The standard InChI is InChI=1S/C35H53N5O5/c1-23(20-40(34(44)45)35(2,3)4)31(41)37-30(25-13-6-5-7-14-25)33(43)39-21-26-16-11-19-38(26)22-29(39)32(42)36-28-18-10-15-24-12-8-9-17-27(24)28/h8-9,12,17,23,25-26,28-30H,5-7,10-11,13-16,18-22H2,1-4H3,(H,36,42)(H,37,41)(H,44,45)/t23-,26+,28+,29-,30-/m0/s1. The van der Waals surface area contributed by atoms with Gasteiger partial charge in [-0.15, -0.1) is 0 Å². The van der Waals surface area contributed by atoms with E-state index in [9.17, 15) is 24.3 Å². The maximum absolute atomic E-state index is 14.6. The molecule has 45 heavy (non-hydrogen) atoms. The number of amides is 4. The number of carbonyl (C=O) groups is 4. The summed E-state index contributed by atoms with van der Waals surface area (Å²) in [6.07, 6.45) is 8.63. The van der Waals surface area contributed by atoms with Crippen molar-refractivity contribution in [3.63, 3.8) is 0 Å². The maximum atomic E-state index is 14.6. The summed E-state index contributed by atoms with van der Waals surface area (Å²) in [4.78, 5) is 59.8. The number of rotatable bonds is 8. The van der Waals surface area contributed by atoms with E-state index in [1.165, 1.54) is 10.5 Å². The maximum Gasteiger partial charge on any atom is 0.407 e. The van der Waals surface area contributed by atoms with Crippen LogP contribution in [-0.2, 0) is 20.8 Å². The first-order chi connectivity index (χ1) is 21.4. The fraction of sp³-hybridized carbons (Fsp3) is 0.714. The summed E-state index contributed by atoms with van der Waals surface area (Å²) in [6.45, 7) is 9.07. The summed E-state index contributed by atoms with van der Waals surface area (Å²) in [7, 11) is 0. The second-order valence-corrected chi connectivity index (χ2v) is 14.8. The van der Waals surface area contributed by atoms with E-state index in [1.54, 1.807) is 32.6 Å². The van der Waals surface area contributed by atoms with Gasteiger partial charge in [-0.1, -0.05) is 50.5 Å². The lowest BCUT2D eigenvalue weighted by Gasteiger charge is -2.45. The monoisotopic (exact) mass is 623 g/mol. The third-order valence-electron chi connectivity index (χ3n) is 10.6. The number of fused-ring (bicyclic) bond motifs is 2. The van der Waals surface area contributed by atoms with Gasteiger partial charge in [-0.3, -0.25) is 19.3 Å². The largest absolute Gasteiger partial charge is 0.465 e. The molecule has 10 nitrogen and oxygen atoms in total. The van der Waals surface area contributed by atoms with Crippen LogP contribution < -0.4 is 10.6 Å². The summed E-state index contributed by atoms with van der Waals surface area (Å²) < 4.78 is 0. The topological polar surface area (TPSA) is 122 Å². The molecule has 2 aliphatic heterocycles. The minimum Gasteiger partial charge on any atom is -0.465 e. The van der Waals surface area contributed by atoms with E-state index in [4.69, 9.17) is 0 Å². The van der Waals surface area contributed by atoms with E-state index in [1.807, 2.05) is 12.1 Å². The highest BCUT2D eigenvalue weighted by Crippen LogP contribution is 2.33. The van der Waals surface area contributed by atoms with Crippen molar-refractivity contribution in [1.82, 2.24) is 25.3 Å². The van der Waals surface area contributed by atoms with Gasteiger partial charge in [-0.25, -0.2) is 4.79 Å². The molecule has 1 saturated carbocycles. The second-order valence-electron chi connectivity index (χ2n) is 14.8. The zero-order chi connectivity index (χ0) is 32.3. The average Bonchev–Trinajstić information content (AvgIpc) is 3.49. The summed E-state index contributed by atoms with van der Waals surface area (Å²) in [5.74, 6) is -1.29. The van der Waals surface area contributed by atoms with Gasteiger partial charge >= 0.3 is 6.09 Å². The van der Waals surface area contributed by atoms with Crippen molar-refractivity contribution in [2.24, 2.45) is 11.8 Å². The molecule has 4 amide bonds. The number of piperazine rings is 1. The molecule has 5 rings (SSSR count). The van der Waals surface area contributed by atoms with E-state index in [2.05, 4.69) is 27.7 Å². The predicted octanol–water partition coefficient (Wildman–Crippen LogP) is 4.34. The van der Waals surface area contributed by atoms with Crippen LogP contribution >= 0.6 is 0 Å². The lowest BCUT2D eigenvalue weighted by Crippen LogP contribution is -2.66. The molecule has 2 saturated heterocycles. The van der Waals surface area contributed by atoms with Crippen LogP contribution in [0.4, 0.5) is 4.79 Å². The van der Waals surface area contributed by atoms with E-state index >= 15 is 0 Å². The number of aryl methyl sites for hydroxylation is 1. The van der Waals surface area contributed by atoms with Crippen molar-refractivity contribution in [1.29, 1.82) is 0 Å². The molecular formula is C35H53N5O5. The molecule has 0 unspecified atom stereocenters. The molecule has 0 radical (unpaired) electrons. The lowest BCUT2D eigenvalue weighted by atomic mass is 9.82. The molecule has 1 aromatic carbocycles. The molecule has 5 atom stereocenters. The van der Waals surface area contributed by atoms with Crippen LogP contribution in [0.3, 0.4) is 0 Å². The zero-order valence-electron chi connectivity index (χ0n) is 27.6.